The summed E-state index contributed by atoms with van der Waals surface area (Å²) in [5.74, 6) is -1.96. The predicted octanol–water partition coefficient (Wildman–Crippen LogP) is 2.98. The van der Waals surface area contributed by atoms with Gasteiger partial charge in [-0.2, -0.15) is 23.4 Å². The molecule has 0 radical (unpaired) electrons. The van der Waals surface area contributed by atoms with E-state index in [1.807, 2.05) is 0 Å². The zero-order chi connectivity index (χ0) is 24.6. The molecule has 3 N–H and O–H groups in total. The van der Waals surface area contributed by atoms with Crippen molar-refractivity contribution in [3.8, 4) is 5.75 Å². The number of halogens is 3. The number of alkyl halides is 3. The number of nitrogens with zero attached hydrogens (tertiary/aromatic N) is 4. The van der Waals surface area contributed by atoms with Crippen LogP contribution in [-0.4, -0.2) is 75.3 Å². The Morgan fingerprint density at radius 1 is 1.29 bits per heavy atom. The van der Waals surface area contributed by atoms with E-state index in [1.165, 1.54) is 4.90 Å². The van der Waals surface area contributed by atoms with E-state index >= 15 is 0 Å². The van der Waals surface area contributed by atoms with Crippen LogP contribution in [0.1, 0.15) is 44.1 Å². The van der Waals surface area contributed by atoms with Crippen LogP contribution in [0.5, 0.6) is 5.75 Å². The summed E-state index contributed by atoms with van der Waals surface area (Å²) >= 11 is 0. The fourth-order valence-corrected chi connectivity index (χ4v) is 4.77. The maximum Gasteiger partial charge on any atom is 0.401 e. The molecule has 2 atom stereocenters. The maximum atomic E-state index is 12.7. The Hall–Kier alpha value is -3.15. The number of carboxylic acids is 1. The van der Waals surface area contributed by atoms with E-state index in [0.29, 0.717) is 24.1 Å². The molecule has 1 aromatic rings. The lowest BCUT2D eigenvalue weighted by atomic mass is 9.77. The SMILES string of the molecule is CC1=NN(C2CN(CC(F)(F)F)C2)C(=O)/C1=N\Nc1cccc(C2CCCC(C(=O)O)C2)c1O. The molecule has 12 heteroatoms. The number of hydrazone groups is 2. The highest BCUT2D eigenvalue weighted by atomic mass is 19.4. The molecule has 1 saturated carbocycles. The first-order chi connectivity index (χ1) is 16.0. The summed E-state index contributed by atoms with van der Waals surface area (Å²) in [7, 11) is 0. The quantitative estimate of drug-likeness (QED) is 0.425. The molecule has 1 aliphatic carbocycles. The van der Waals surface area contributed by atoms with Gasteiger partial charge in [0.2, 0.25) is 0 Å². The summed E-state index contributed by atoms with van der Waals surface area (Å²) in [4.78, 5) is 25.3. The van der Waals surface area contributed by atoms with Crippen LogP contribution < -0.4 is 5.43 Å². The summed E-state index contributed by atoms with van der Waals surface area (Å²) in [6.45, 7) is 0.698. The number of carboxylic acid groups (broad SMARTS) is 1. The zero-order valence-corrected chi connectivity index (χ0v) is 18.5. The summed E-state index contributed by atoms with van der Waals surface area (Å²) in [5.41, 5.74) is 3.92. The Morgan fingerprint density at radius 3 is 2.71 bits per heavy atom. The van der Waals surface area contributed by atoms with Crippen molar-refractivity contribution in [2.24, 2.45) is 16.1 Å². The van der Waals surface area contributed by atoms with Crippen LogP contribution in [-0.2, 0) is 9.59 Å². The third-order valence-electron chi connectivity index (χ3n) is 6.52. The fraction of sp³-hybridized carbons (Fsp3) is 0.545. The van der Waals surface area contributed by atoms with Crippen molar-refractivity contribution in [1.82, 2.24) is 9.91 Å². The van der Waals surface area contributed by atoms with Crippen molar-refractivity contribution in [2.45, 2.75) is 50.7 Å². The molecule has 1 aromatic carbocycles. The van der Waals surface area contributed by atoms with E-state index < -0.39 is 36.6 Å². The monoisotopic (exact) mass is 481 g/mol. The van der Waals surface area contributed by atoms with Crippen LogP contribution in [0.25, 0.3) is 0 Å². The van der Waals surface area contributed by atoms with Gasteiger partial charge in [0.05, 0.1) is 29.9 Å². The number of aromatic hydroxyl groups is 1. The van der Waals surface area contributed by atoms with E-state index in [4.69, 9.17) is 0 Å². The van der Waals surface area contributed by atoms with E-state index in [1.54, 1.807) is 25.1 Å². The van der Waals surface area contributed by atoms with Crippen molar-refractivity contribution in [3.63, 3.8) is 0 Å². The maximum absolute atomic E-state index is 12.7. The number of nitrogens with one attached hydrogen (secondary N) is 1. The Morgan fingerprint density at radius 2 is 2.03 bits per heavy atom. The average Bonchev–Trinajstić information content (AvgIpc) is 3.02. The minimum absolute atomic E-state index is 0.0164. The first kappa shape index (κ1) is 24.0. The van der Waals surface area contributed by atoms with Crippen LogP contribution in [0.4, 0.5) is 18.9 Å². The smallest absolute Gasteiger partial charge is 0.401 e. The number of carbonyl (C=O) groups is 2. The number of likely N-dealkylation sites (tertiary alicyclic amines) is 1. The van der Waals surface area contributed by atoms with E-state index in [0.717, 1.165) is 17.9 Å². The number of rotatable bonds is 6. The standard InChI is InChI=1S/C22H26F3N5O4/c1-12-18(20(32)30(28-12)15-9-29(10-15)11-22(23,24)25)27-26-17-7-3-6-16(19(17)31)13-4-2-5-14(8-13)21(33)34/h3,6-7,13-15,26,31H,2,4-5,8-11H2,1H3,(H,33,34)/b27-18-. The Labute approximate surface area is 193 Å². The van der Waals surface area contributed by atoms with Crippen molar-refractivity contribution in [3.05, 3.63) is 23.8 Å². The number of amides is 1. The molecule has 2 heterocycles. The lowest BCUT2D eigenvalue weighted by Gasteiger charge is -2.42. The molecular formula is C22H26F3N5O4. The summed E-state index contributed by atoms with van der Waals surface area (Å²) in [5, 5.41) is 29.5. The third kappa shape index (κ3) is 5.01. The molecule has 2 aliphatic heterocycles. The number of hydrogen-bond acceptors (Lipinski definition) is 7. The predicted molar refractivity (Wildman–Crippen MR) is 118 cm³/mol. The largest absolute Gasteiger partial charge is 0.505 e. The van der Waals surface area contributed by atoms with E-state index in [-0.39, 0.29) is 36.2 Å². The van der Waals surface area contributed by atoms with E-state index in [2.05, 4.69) is 15.6 Å². The van der Waals surface area contributed by atoms with Gasteiger partial charge in [-0.05, 0) is 43.7 Å². The molecule has 1 amide bonds. The number of anilines is 1. The number of para-hydroxylation sites is 1. The summed E-state index contributed by atoms with van der Waals surface area (Å²) in [6.07, 6.45) is -1.72. The first-order valence-corrected chi connectivity index (χ1v) is 11.1. The zero-order valence-electron chi connectivity index (χ0n) is 18.5. The van der Waals surface area contributed by atoms with Gasteiger partial charge in [-0.1, -0.05) is 18.6 Å². The van der Waals surface area contributed by atoms with Crippen LogP contribution in [0.2, 0.25) is 0 Å². The van der Waals surface area contributed by atoms with Gasteiger partial charge in [-0.15, -0.1) is 0 Å². The first-order valence-electron chi connectivity index (χ1n) is 11.1. The van der Waals surface area contributed by atoms with Crippen molar-refractivity contribution in [1.29, 1.82) is 0 Å². The Balaban J connectivity index is 1.42. The molecule has 34 heavy (non-hydrogen) atoms. The topological polar surface area (TPSA) is 118 Å². The van der Waals surface area contributed by atoms with Gasteiger partial charge in [-0.3, -0.25) is 19.9 Å². The number of phenolic OH excluding ortho intramolecular Hbond substituents is 1. The van der Waals surface area contributed by atoms with E-state index in [9.17, 15) is 33.0 Å². The number of phenols is 1. The third-order valence-corrected chi connectivity index (χ3v) is 6.52. The molecule has 4 rings (SSSR count). The molecule has 0 spiro atoms. The Bertz CT molecular complexity index is 1040. The normalized spacial score (nSPS) is 25.4. The lowest BCUT2D eigenvalue weighted by molar-refractivity contribution is -0.162. The average molecular weight is 481 g/mol. The summed E-state index contributed by atoms with van der Waals surface area (Å²) in [6, 6.07) is 4.60. The molecule has 9 nitrogen and oxygen atoms in total. The second kappa shape index (κ2) is 9.24. The number of benzene rings is 1. The van der Waals surface area contributed by atoms with Crippen LogP contribution in [0, 0.1) is 5.92 Å². The second-order valence-electron chi connectivity index (χ2n) is 9.01. The highest BCUT2D eigenvalue weighted by Crippen LogP contribution is 2.42. The van der Waals surface area contributed by atoms with Crippen molar-refractivity contribution < 1.29 is 33.0 Å². The van der Waals surface area contributed by atoms with Gasteiger partial charge >= 0.3 is 12.1 Å². The van der Waals surface area contributed by atoms with Gasteiger partial charge in [0.15, 0.2) is 5.71 Å². The number of carbonyl (C=O) groups excluding carboxylic acids is 1. The van der Waals surface area contributed by atoms with Gasteiger partial charge in [0.25, 0.3) is 5.91 Å². The highest BCUT2D eigenvalue weighted by Gasteiger charge is 2.44. The minimum atomic E-state index is -4.29. The highest BCUT2D eigenvalue weighted by molar-refractivity contribution is 6.68. The number of aliphatic carboxylic acids is 1. The fourth-order valence-electron chi connectivity index (χ4n) is 4.77. The molecule has 2 unspecified atom stereocenters. The molecule has 184 valence electrons. The van der Waals surface area contributed by atoms with Crippen LogP contribution in [0.3, 0.4) is 0 Å². The van der Waals surface area contributed by atoms with Gasteiger partial charge in [0, 0.05) is 13.1 Å². The Kier molecular flexibility index (Phi) is 6.52. The summed E-state index contributed by atoms with van der Waals surface area (Å²) < 4.78 is 37.5. The molecule has 2 fully saturated rings. The van der Waals surface area contributed by atoms with Crippen LogP contribution in [0.15, 0.2) is 28.4 Å². The second-order valence-corrected chi connectivity index (χ2v) is 9.01. The van der Waals surface area contributed by atoms with Crippen molar-refractivity contribution in [2.75, 3.05) is 25.1 Å². The molecule has 1 saturated heterocycles. The van der Waals surface area contributed by atoms with Crippen LogP contribution >= 0.6 is 0 Å². The van der Waals surface area contributed by atoms with Crippen molar-refractivity contribution >= 4 is 29.0 Å². The van der Waals surface area contributed by atoms with Gasteiger partial charge in [-0.25, -0.2) is 5.01 Å². The molecule has 3 aliphatic rings. The molecular weight excluding hydrogens is 455 g/mol. The molecule has 0 bridgehead atoms. The lowest BCUT2D eigenvalue weighted by Crippen LogP contribution is -2.60. The number of hydrogen-bond donors (Lipinski definition) is 3. The van der Waals surface area contributed by atoms with Gasteiger partial charge in [0.1, 0.15) is 5.75 Å². The van der Waals surface area contributed by atoms with Gasteiger partial charge < -0.3 is 10.2 Å². The molecule has 0 aromatic heterocycles. The minimum Gasteiger partial charge on any atom is -0.505 e.